The van der Waals surface area contributed by atoms with Crippen LogP contribution in [0.5, 0.6) is 0 Å². The molecule has 0 aromatic heterocycles. The van der Waals surface area contributed by atoms with Crippen LogP contribution in [-0.4, -0.2) is 97.5 Å². The fourth-order valence-electron chi connectivity index (χ4n) is 12.8. The third-order valence-corrected chi connectivity index (χ3v) is 17.6. The fourth-order valence-corrected chi connectivity index (χ4v) is 12.8. The van der Waals surface area contributed by atoms with E-state index < -0.39 is 61.0 Å². The van der Waals surface area contributed by atoms with E-state index in [-0.39, 0.29) is 44.4 Å². The quantitative estimate of drug-likeness (QED) is 0.0223. The lowest BCUT2D eigenvalue weighted by Crippen LogP contribution is -2.68. The number of nitrogens with one attached hydrogen (secondary N) is 2. The predicted molar refractivity (Wildman–Crippen MR) is 365 cm³/mol. The van der Waals surface area contributed by atoms with E-state index in [1.165, 1.54) is 11.1 Å². The van der Waals surface area contributed by atoms with Crippen LogP contribution in [0.15, 0.2) is 212 Å². The van der Waals surface area contributed by atoms with Gasteiger partial charge in [0, 0.05) is 69.9 Å². The highest BCUT2D eigenvalue weighted by Crippen LogP contribution is 2.34. The fraction of sp³-hybridized carbons (Fsp3) is 0.351. The molecule has 0 spiro atoms. The highest BCUT2D eigenvalue weighted by molar-refractivity contribution is 5.91. The standard InChI is InChI=1S/C77H89N7O8/c78-46-68-74(89-51-57-34-37-60-25-10-13-28-63(60)42-57)75(90-52-58-35-38-61-26-11-14-29-64(61)43-58)71(81)77(91-68)92-73-67(80)45-66(79)72(88-50-56-33-36-59-24-9-12-27-62(59)41-56)76(73)87-40-16-2-1-15-39-82-69(85)31-18-32-70(86)83-65-30-17-23-55(44-65)49-84(47-53-19-5-3-6-20-53)48-54-21-7-4-8-22-54/h3-14,17,19-30,33-38,41-44,66-68,71-77H,1-2,15-16,18,31-32,39-40,45-52,78-81H2,(H,82,85)(H,83,86)/t66-,67+,68-,71-,72+,73-,74-,75-,76-,77-/m1/s1. The molecule has 15 nitrogen and oxygen atoms in total. The molecule has 0 bridgehead atoms. The Hall–Kier alpha value is -7.74. The maximum atomic E-state index is 13.1. The summed E-state index contributed by atoms with van der Waals surface area (Å²) in [6, 6.07) is 70.7. The number of anilines is 1. The molecule has 15 heteroatoms. The second-order valence-corrected chi connectivity index (χ2v) is 24.7. The smallest absolute Gasteiger partial charge is 0.224 e. The Morgan fingerprint density at radius 1 is 0.446 bits per heavy atom. The van der Waals surface area contributed by atoms with Crippen molar-refractivity contribution in [2.24, 2.45) is 22.9 Å². The van der Waals surface area contributed by atoms with Crippen molar-refractivity contribution >= 4 is 49.8 Å². The molecule has 92 heavy (non-hydrogen) atoms. The molecule has 9 aromatic rings. The maximum absolute atomic E-state index is 13.1. The monoisotopic (exact) mass is 1240 g/mol. The molecular formula is C77H89N7O8. The number of hydrogen-bond donors (Lipinski definition) is 6. The van der Waals surface area contributed by atoms with Gasteiger partial charge >= 0.3 is 0 Å². The van der Waals surface area contributed by atoms with E-state index in [2.05, 4.69) is 161 Å². The second kappa shape index (κ2) is 33.2. The van der Waals surface area contributed by atoms with Crippen molar-refractivity contribution in [3.63, 3.8) is 0 Å². The number of amides is 2. The van der Waals surface area contributed by atoms with Crippen LogP contribution in [0.25, 0.3) is 32.3 Å². The molecule has 10 N–H and O–H groups in total. The molecule has 0 radical (unpaired) electrons. The van der Waals surface area contributed by atoms with Crippen molar-refractivity contribution in [3.05, 3.63) is 246 Å². The van der Waals surface area contributed by atoms with E-state index >= 15 is 0 Å². The van der Waals surface area contributed by atoms with Crippen molar-refractivity contribution in [1.29, 1.82) is 0 Å². The zero-order valence-corrected chi connectivity index (χ0v) is 52.5. The zero-order valence-electron chi connectivity index (χ0n) is 52.5. The summed E-state index contributed by atoms with van der Waals surface area (Å²) < 4.78 is 41.1. The number of unbranched alkanes of at least 4 members (excludes halogenated alkanes) is 3. The molecule has 480 valence electrons. The number of benzene rings is 9. The van der Waals surface area contributed by atoms with Gasteiger partial charge in [-0.25, -0.2) is 0 Å². The van der Waals surface area contributed by atoms with Crippen molar-refractivity contribution in [3.8, 4) is 0 Å². The summed E-state index contributed by atoms with van der Waals surface area (Å²) in [7, 11) is 0. The van der Waals surface area contributed by atoms with Crippen LogP contribution in [0, 0.1) is 0 Å². The van der Waals surface area contributed by atoms with Gasteiger partial charge in [0.1, 0.15) is 36.6 Å². The number of ether oxygens (including phenoxy) is 6. The highest BCUT2D eigenvalue weighted by atomic mass is 16.7. The molecule has 1 saturated heterocycles. The Balaban J connectivity index is 0.684. The summed E-state index contributed by atoms with van der Waals surface area (Å²) in [5.41, 5.74) is 35.3. The van der Waals surface area contributed by atoms with E-state index in [0.717, 1.165) is 99.0 Å². The lowest BCUT2D eigenvalue weighted by atomic mass is 9.84. The predicted octanol–water partition coefficient (Wildman–Crippen LogP) is 11.7. The van der Waals surface area contributed by atoms with Gasteiger partial charge in [0.2, 0.25) is 11.8 Å². The molecule has 11 rings (SSSR count). The first-order valence-corrected chi connectivity index (χ1v) is 32.7. The Morgan fingerprint density at radius 2 is 0.935 bits per heavy atom. The average Bonchev–Trinajstić information content (AvgIpc) is 1.11. The molecule has 2 aliphatic rings. The molecule has 10 atom stereocenters. The molecule has 1 saturated carbocycles. The first kappa shape index (κ1) is 65.7. The first-order chi connectivity index (χ1) is 45.1. The SMILES string of the molecule is NC[C@H]1O[C@H](O[C@H]2[C@H](OCCCCCCNC(=O)CCCC(=O)Nc3cccc(CN(Cc4ccccc4)Cc4ccccc4)c3)[C@@H](OCc3ccc4ccccc4c3)[C@H](N)C[C@@H]2N)[C@H](N)[C@@H](OCc2ccc3ccccc3c2)[C@@H]1OCc1ccc2ccccc2c1. The largest absolute Gasteiger partial charge is 0.373 e. The number of carbonyl (C=O) groups excluding carboxylic acids is 2. The summed E-state index contributed by atoms with van der Waals surface area (Å²) in [6.45, 7) is 4.15. The third kappa shape index (κ3) is 18.3. The van der Waals surface area contributed by atoms with Gasteiger partial charge in [0.25, 0.3) is 0 Å². The molecule has 0 unspecified atom stereocenters. The number of carbonyl (C=O) groups is 2. The van der Waals surface area contributed by atoms with E-state index in [9.17, 15) is 9.59 Å². The minimum absolute atomic E-state index is 0.0721. The van der Waals surface area contributed by atoms with Crippen LogP contribution in [-0.2, 0) is 77.5 Å². The number of fused-ring (bicyclic) bond motifs is 3. The van der Waals surface area contributed by atoms with Crippen molar-refractivity contribution < 1.29 is 38.0 Å². The average molecular weight is 1240 g/mol. The molecule has 9 aromatic carbocycles. The lowest BCUT2D eigenvalue weighted by molar-refractivity contribution is -0.304. The van der Waals surface area contributed by atoms with Gasteiger partial charge in [-0.15, -0.1) is 0 Å². The van der Waals surface area contributed by atoms with E-state index in [4.69, 9.17) is 51.4 Å². The zero-order chi connectivity index (χ0) is 63.4. The van der Waals surface area contributed by atoms with Crippen LogP contribution in [0.1, 0.15) is 84.7 Å². The number of hydrogen-bond acceptors (Lipinski definition) is 13. The number of nitrogens with zero attached hydrogens (tertiary/aromatic N) is 1. The topological polar surface area (TPSA) is 221 Å². The highest BCUT2D eigenvalue weighted by Gasteiger charge is 2.51. The molecule has 2 fully saturated rings. The van der Waals surface area contributed by atoms with Crippen molar-refractivity contribution in [1.82, 2.24) is 10.2 Å². The lowest BCUT2D eigenvalue weighted by Gasteiger charge is -2.49. The van der Waals surface area contributed by atoms with Gasteiger partial charge in [-0.1, -0.05) is 195 Å². The summed E-state index contributed by atoms with van der Waals surface area (Å²) in [5.74, 6) is -0.192. The third-order valence-electron chi connectivity index (χ3n) is 17.6. The van der Waals surface area contributed by atoms with Gasteiger partial charge in [-0.05, 0) is 122 Å². The van der Waals surface area contributed by atoms with Gasteiger partial charge in [-0.2, -0.15) is 0 Å². The molecule has 1 heterocycles. The maximum Gasteiger partial charge on any atom is 0.224 e. The molecular weight excluding hydrogens is 1150 g/mol. The van der Waals surface area contributed by atoms with Crippen LogP contribution in [0.3, 0.4) is 0 Å². The Labute approximate surface area is 541 Å². The molecule has 2 amide bonds. The van der Waals surface area contributed by atoms with Crippen molar-refractivity contribution in [2.45, 2.75) is 152 Å². The van der Waals surface area contributed by atoms with E-state index in [1.807, 2.05) is 66.7 Å². The Morgan fingerprint density at radius 3 is 1.51 bits per heavy atom. The normalized spacial score (nSPS) is 21.6. The Bertz CT molecular complexity index is 3740. The molecule has 1 aliphatic carbocycles. The summed E-state index contributed by atoms with van der Waals surface area (Å²) in [4.78, 5) is 28.5. The van der Waals surface area contributed by atoms with Gasteiger partial charge in [-0.3, -0.25) is 14.5 Å². The Kier molecular flexibility index (Phi) is 23.7. The summed E-state index contributed by atoms with van der Waals surface area (Å²) >= 11 is 0. The first-order valence-electron chi connectivity index (χ1n) is 32.7. The number of nitrogens with two attached hydrogens (primary N) is 4. The molecule has 1 aliphatic heterocycles. The van der Waals surface area contributed by atoms with Gasteiger partial charge in [0.05, 0.1) is 25.9 Å². The number of rotatable bonds is 31. The van der Waals surface area contributed by atoms with Crippen LogP contribution in [0.4, 0.5) is 5.69 Å². The van der Waals surface area contributed by atoms with E-state index in [1.54, 1.807) is 0 Å². The van der Waals surface area contributed by atoms with Gasteiger partial charge in [0.15, 0.2) is 6.29 Å². The van der Waals surface area contributed by atoms with Crippen LogP contribution >= 0.6 is 0 Å². The van der Waals surface area contributed by atoms with Crippen molar-refractivity contribution in [2.75, 3.05) is 25.0 Å². The van der Waals surface area contributed by atoms with Crippen LogP contribution < -0.4 is 33.6 Å². The van der Waals surface area contributed by atoms with E-state index in [0.29, 0.717) is 39.1 Å². The van der Waals surface area contributed by atoms with Gasteiger partial charge < -0.3 is 62.0 Å². The summed E-state index contributed by atoms with van der Waals surface area (Å²) in [5, 5.41) is 12.9. The minimum atomic E-state index is -1.02. The summed E-state index contributed by atoms with van der Waals surface area (Å²) in [6.07, 6.45) is -0.507. The minimum Gasteiger partial charge on any atom is -0.373 e. The van der Waals surface area contributed by atoms with Crippen LogP contribution in [0.2, 0.25) is 0 Å². The second-order valence-electron chi connectivity index (χ2n) is 24.7.